The molecule has 0 spiro atoms. The van der Waals surface area contributed by atoms with E-state index in [1.807, 2.05) is 0 Å². The van der Waals surface area contributed by atoms with Gasteiger partial charge in [0.2, 0.25) is 0 Å². The Kier molecular flexibility index (Phi) is 4.07. The summed E-state index contributed by atoms with van der Waals surface area (Å²) in [5.74, 6) is -0.847. The highest BCUT2D eigenvalue weighted by atomic mass is 35.5. The number of ether oxygens (including phenoxy) is 2. The number of carbonyl (C=O) groups is 2. The number of hydrogen-bond acceptors (Lipinski definition) is 4. The van der Waals surface area contributed by atoms with Crippen LogP contribution < -0.4 is 5.32 Å². The van der Waals surface area contributed by atoms with Gasteiger partial charge in [0.1, 0.15) is 0 Å². The lowest BCUT2D eigenvalue weighted by molar-refractivity contribution is -0.148. The molecule has 0 aromatic heterocycles. The molecule has 0 bridgehead atoms. The molecule has 0 unspecified atom stereocenters. The van der Waals surface area contributed by atoms with E-state index in [-0.39, 0.29) is 12.5 Å². The topological polar surface area (TPSA) is 64.6 Å². The van der Waals surface area contributed by atoms with Gasteiger partial charge in [-0.25, -0.2) is 4.79 Å². The summed E-state index contributed by atoms with van der Waals surface area (Å²) in [7, 11) is 1.29. The van der Waals surface area contributed by atoms with E-state index in [4.69, 9.17) is 21.1 Å². The number of hydrogen-bond donors (Lipinski definition) is 1. The molecule has 0 radical (unpaired) electrons. The van der Waals surface area contributed by atoms with Crippen molar-refractivity contribution in [1.29, 1.82) is 0 Å². The maximum atomic E-state index is 12.1. The van der Waals surface area contributed by atoms with E-state index in [1.54, 1.807) is 24.3 Å². The van der Waals surface area contributed by atoms with Crippen LogP contribution in [0.2, 0.25) is 5.02 Å². The molecule has 102 valence electrons. The summed E-state index contributed by atoms with van der Waals surface area (Å²) in [5, 5.41) is 3.24. The number of rotatable bonds is 3. The third-order valence-corrected chi connectivity index (χ3v) is 3.31. The standard InChI is InChI=1S/C13H14ClNO4/c1-18-12(17)13(6-7-19-8-13)15-11(16)9-2-4-10(14)5-3-9/h2-5H,6-8H2,1H3,(H,15,16)/t13-/m1/s1. The molecular formula is C13H14ClNO4. The Morgan fingerprint density at radius 1 is 1.37 bits per heavy atom. The van der Waals surface area contributed by atoms with Gasteiger partial charge < -0.3 is 14.8 Å². The normalized spacial score (nSPS) is 22.0. The fourth-order valence-electron chi connectivity index (χ4n) is 1.96. The Hall–Kier alpha value is -1.59. The summed E-state index contributed by atoms with van der Waals surface area (Å²) < 4.78 is 9.94. The summed E-state index contributed by atoms with van der Waals surface area (Å²) in [6.07, 6.45) is 0.402. The summed E-state index contributed by atoms with van der Waals surface area (Å²) in [6.45, 7) is 0.537. The highest BCUT2D eigenvalue weighted by Crippen LogP contribution is 2.21. The molecule has 1 amide bonds. The van der Waals surface area contributed by atoms with Crippen molar-refractivity contribution in [2.75, 3.05) is 20.3 Å². The minimum atomic E-state index is -1.09. The zero-order valence-corrected chi connectivity index (χ0v) is 11.2. The molecule has 0 aliphatic carbocycles. The number of amides is 1. The molecule has 2 rings (SSSR count). The number of halogens is 1. The maximum Gasteiger partial charge on any atom is 0.334 e. The molecule has 19 heavy (non-hydrogen) atoms. The van der Waals surface area contributed by atoms with Crippen LogP contribution in [0.4, 0.5) is 0 Å². The molecule has 1 fully saturated rings. The Labute approximate surface area is 115 Å². The molecule has 1 aliphatic heterocycles. The first-order chi connectivity index (χ1) is 9.07. The number of methoxy groups -OCH3 is 1. The summed E-state index contributed by atoms with van der Waals surface area (Å²) in [6, 6.07) is 6.43. The van der Waals surface area contributed by atoms with Gasteiger partial charge in [0.05, 0.1) is 13.7 Å². The molecular weight excluding hydrogens is 270 g/mol. The van der Waals surface area contributed by atoms with Gasteiger partial charge in [0.15, 0.2) is 5.54 Å². The van der Waals surface area contributed by atoms with Gasteiger partial charge in [-0.2, -0.15) is 0 Å². The molecule has 6 heteroatoms. The van der Waals surface area contributed by atoms with Crippen LogP contribution in [0.1, 0.15) is 16.8 Å². The summed E-state index contributed by atoms with van der Waals surface area (Å²) >= 11 is 5.76. The van der Waals surface area contributed by atoms with Crippen LogP contribution in [0.5, 0.6) is 0 Å². The molecule has 0 saturated carbocycles. The zero-order valence-electron chi connectivity index (χ0n) is 10.4. The highest BCUT2D eigenvalue weighted by molar-refractivity contribution is 6.30. The Morgan fingerprint density at radius 3 is 2.58 bits per heavy atom. The van der Waals surface area contributed by atoms with Crippen molar-refractivity contribution in [2.45, 2.75) is 12.0 Å². The van der Waals surface area contributed by atoms with Crippen molar-refractivity contribution in [3.05, 3.63) is 34.9 Å². The Morgan fingerprint density at radius 2 is 2.05 bits per heavy atom. The number of carbonyl (C=O) groups excluding carboxylic acids is 2. The molecule has 1 atom stereocenters. The quantitative estimate of drug-likeness (QED) is 0.852. The fraction of sp³-hybridized carbons (Fsp3) is 0.385. The van der Waals surface area contributed by atoms with E-state index in [2.05, 4.69) is 5.32 Å². The molecule has 1 aromatic carbocycles. The van der Waals surface area contributed by atoms with Crippen molar-refractivity contribution in [3.8, 4) is 0 Å². The van der Waals surface area contributed by atoms with Gasteiger partial charge in [-0.1, -0.05) is 11.6 Å². The van der Waals surface area contributed by atoms with Crippen LogP contribution in [0.3, 0.4) is 0 Å². The number of benzene rings is 1. The molecule has 1 aliphatic rings. The number of nitrogens with one attached hydrogen (secondary N) is 1. The van der Waals surface area contributed by atoms with E-state index in [1.165, 1.54) is 7.11 Å². The zero-order chi connectivity index (χ0) is 13.9. The minimum Gasteiger partial charge on any atom is -0.467 e. The van der Waals surface area contributed by atoms with Gasteiger partial charge in [0, 0.05) is 23.6 Å². The van der Waals surface area contributed by atoms with E-state index in [9.17, 15) is 9.59 Å². The molecule has 5 nitrogen and oxygen atoms in total. The first-order valence-electron chi connectivity index (χ1n) is 5.82. The minimum absolute atomic E-state index is 0.124. The molecule has 1 saturated heterocycles. The van der Waals surface area contributed by atoms with Crippen LogP contribution in [0.15, 0.2) is 24.3 Å². The van der Waals surface area contributed by atoms with Crippen LogP contribution in [0, 0.1) is 0 Å². The van der Waals surface area contributed by atoms with Gasteiger partial charge >= 0.3 is 5.97 Å². The van der Waals surface area contributed by atoms with Crippen molar-refractivity contribution < 1.29 is 19.1 Å². The molecule has 1 N–H and O–H groups in total. The Bertz CT molecular complexity index is 480. The second kappa shape index (κ2) is 5.59. The van der Waals surface area contributed by atoms with Crippen molar-refractivity contribution >= 4 is 23.5 Å². The SMILES string of the molecule is COC(=O)[C@@]1(NC(=O)c2ccc(Cl)cc2)CCOC1. The van der Waals surface area contributed by atoms with E-state index < -0.39 is 11.5 Å². The Balaban J connectivity index is 2.16. The van der Waals surface area contributed by atoms with E-state index in [0.717, 1.165) is 0 Å². The lowest BCUT2D eigenvalue weighted by Crippen LogP contribution is -2.55. The van der Waals surface area contributed by atoms with Crippen molar-refractivity contribution in [3.63, 3.8) is 0 Å². The van der Waals surface area contributed by atoms with E-state index >= 15 is 0 Å². The van der Waals surface area contributed by atoms with Crippen LogP contribution in [0.25, 0.3) is 0 Å². The van der Waals surface area contributed by atoms with E-state index in [0.29, 0.717) is 23.6 Å². The van der Waals surface area contributed by atoms with Crippen LogP contribution >= 0.6 is 11.6 Å². The number of esters is 1. The van der Waals surface area contributed by atoms with Gasteiger partial charge in [-0.15, -0.1) is 0 Å². The summed E-state index contributed by atoms with van der Waals surface area (Å²) in [4.78, 5) is 23.9. The first kappa shape index (κ1) is 13.8. The average Bonchev–Trinajstić information content (AvgIpc) is 2.88. The van der Waals surface area contributed by atoms with Gasteiger partial charge in [0.25, 0.3) is 5.91 Å². The van der Waals surface area contributed by atoms with Crippen molar-refractivity contribution in [1.82, 2.24) is 5.32 Å². The highest BCUT2D eigenvalue weighted by Gasteiger charge is 2.45. The van der Waals surface area contributed by atoms with Gasteiger partial charge in [-0.05, 0) is 24.3 Å². The third kappa shape index (κ3) is 2.88. The van der Waals surface area contributed by atoms with Crippen molar-refractivity contribution in [2.24, 2.45) is 0 Å². The fourth-order valence-corrected chi connectivity index (χ4v) is 2.09. The van der Waals surface area contributed by atoms with Crippen LogP contribution in [-0.4, -0.2) is 37.7 Å². The predicted molar refractivity (Wildman–Crippen MR) is 69.1 cm³/mol. The maximum absolute atomic E-state index is 12.1. The second-order valence-corrected chi connectivity index (χ2v) is 4.77. The molecule has 1 aromatic rings. The predicted octanol–water partition coefficient (Wildman–Crippen LogP) is 1.40. The monoisotopic (exact) mass is 283 g/mol. The average molecular weight is 284 g/mol. The van der Waals surface area contributed by atoms with Gasteiger partial charge in [-0.3, -0.25) is 4.79 Å². The summed E-state index contributed by atoms with van der Waals surface area (Å²) in [5.41, 5.74) is -0.662. The van der Waals surface area contributed by atoms with Crippen LogP contribution in [-0.2, 0) is 14.3 Å². The third-order valence-electron chi connectivity index (χ3n) is 3.06. The largest absolute Gasteiger partial charge is 0.467 e. The molecule has 1 heterocycles. The smallest absolute Gasteiger partial charge is 0.334 e. The second-order valence-electron chi connectivity index (χ2n) is 4.34. The lowest BCUT2D eigenvalue weighted by atomic mass is 9.98. The lowest BCUT2D eigenvalue weighted by Gasteiger charge is -2.25. The first-order valence-corrected chi connectivity index (χ1v) is 6.19.